The van der Waals surface area contributed by atoms with E-state index < -0.39 is 0 Å². The van der Waals surface area contributed by atoms with Gasteiger partial charge in [0.15, 0.2) is 0 Å². The SMILES string of the molecule is COC1(CC(=O)Nc2cccc(Br)n2)CCC1. The van der Waals surface area contributed by atoms with E-state index in [1.165, 1.54) is 0 Å². The summed E-state index contributed by atoms with van der Waals surface area (Å²) >= 11 is 3.26. The first kappa shape index (κ1) is 12.5. The molecule has 2 rings (SSSR count). The highest BCUT2D eigenvalue weighted by molar-refractivity contribution is 9.10. The minimum Gasteiger partial charge on any atom is -0.378 e. The van der Waals surface area contributed by atoms with Crippen molar-refractivity contribution in [2.75, 3.05) is 12.4 Å². The fourth-order valence-electron chi connectivity index (χ4n) is 1.98. The van der Waals surface area contributed by atoms with Gasteiger partial charge in [0.1, 0.15) is 10.4 Å². The highest BCUT2D eigenvalue weighted by Gasteiger charge is 2.38. The van der Waals surface area contributed by atoms with Crippen LogP contribution in [-0.4, -0.2) is 23.6 Å². The number of ether oxygens (including phenoxy) is 1. The molecule has 0 unspecified atom stereocenters. The van der Waals surface area contributed by atoms with Crippen molar-refractivity contribution in [3.8, 4) is 0 Å². The van der Waals surface area contributed by atoms with Crippen LogP contribution >= 0.6 is 15.9 Å². The molecule has 0 atom stereocenters. The largest absolute Gasteiger partial charge is 0.378 e. The molecule has 0 bridgehead atoms. The van der Waals surface area contributed by atoms with E-state index in [1.54, 1.807) is 13.2 Å². The van der Waals surface area contributed by atoms with Gasteiger partial charge in [-0.2, -0.15) is 0 Å². The Hall–Kier alpha value is -0.940. The summed E-state index contributed by atoms with van der Waals surface area (Å²) in [5, 5.41) is 2.78. The standard InChI is InChI=1S/C12H15BrN2O2/c1-17-12(6-3-7-12)8-11(16)15-10-5-2-4-9(13)14-10/h2,4-5H,3,6-8H2,1H3,(H,14,15,16). The number of hydrogen-bond acceptors (Lipinski definition) is 3. The van der Waals surface area contributed by atoms with Gasteiger partial charge in [-0.25, -0.2) is 4.98 Å². The first-order valence-corrected chi connectivity index (χ1v) is 6.40. The van der Waals surface area contributed by atoms with Crippen LogP contribution in [0.1, 0.15) is 25.7 Å². The number of aromatic nitrogens is 1. The van der Waals surface area contributed by atoms with Crippen molar-refractivity contribution < 1.29 is 9.53 Å². The quantitative estimate of drug-likeness (QED) is 0.870. The third-order valence-electron chi connectivity index (χ3n) is 3.16. The number of nitrogens with one attached hydrogen (secondary N) is 1. The smallest absolute Gasteiger partial charge is 0.228 e. The van der Waals surface area contributed by atoms with E-state index in [2.05, 4.69) is 26.2 Å². The van der Waals surface area contributed by atoms with Gasteiger partial charge in [-0.05, 0) is 47.3 Å². The monoisotopic (exact) mass is 298 g/mol. The normalized spacial score (nSPS) is 17.3. The Bertz CT molecular complexity index is 413. The van der Waals surface area contributed by atoms with Gasteiger partial charge in [0.05, 0.1) is 12.0 Å². The lowest BCUT2D eigenvalue weighted by atomic mass is 9.77. The van der Waals surface area contributed by atoms with Crippen LogP contribution in [0.15, 0.2) is 22.8 Å². The van der Waals surface area contributed by atoms with Crippen molar-refractivity contribution in [1.82, 2.24) is 4.98 Å². The lowest BCUT2D eigenvalue weighted by Crippen LogP contribution is -2.42. The predicted octanol–water partition coefficient (Wildman–Crippen LogP) is 2.74. The van der Waals surface area contributed by atoms with Crippen molar-refractivity contribution in [3.05, 3.63) is 22.8 Å². The summed E-state index contributed by atoms with van der Waals surface area (Å²) in [7, 11) is 1.67. The average molecular weight is 299 g/mol. The van der Waals surface area contributed by atoms with Crippen LogP contribution < -0.4 is 5.32 Å². The van der Waals surface area contributed by atoms with Crippen LogP contribution in [0.3, 0.4) is 0 Å². The molecule has 0 spiro atoms. The molecule has 1 N–H and O–H groups in total. The van der Waals surface area contributed by atoms with Gasteiger partial charge in [-0.15, -0.1) is 0 Å². The maximum Gasteiger partial charge on any atom is 0.228 e. The van der Waals surface area contributed by atoms with Crippen LogP contribution in [0.5, 0.6) is 0 Å². The van der Waals surface area contributed by atoms with Crippen molar-refractivity contribution in [3.63, 3.8) is 0 Å². The van der Waals surface area contributed by atoms with Crippen LogP contribution in [0.4, 0.5) is 5.82 Å². The molecule has 92 valence electrons. The fraction of sp³-hybridized carbons (Fsp3) is 0.500. The second kappa shape index (κ2) is 5.14. The molecule has 5 heteroatoms. The summed E-state index contributed by atoms with van der Waals surface area (Å²) < 4.78 is 6.12. The van der Waals surface area contributed by atoms with Crippen molar-refractivity contribution in [2.45, 2.75) is 31.3 Å². The minimum absolute atomic E-state index is 0.0443. The van der Waals surface area contributed by atoms with E-state index >= 15 is 0 Å². The maximum absolute atomic E-state index is 11.8. The van der Waals surface area contributed by atoms with Crippen LogP contribution in [0, 0.1) is 0 Å². The van der Waals surface area contributed by atoms with E-state index in [4.69, 9.17) is 4.74 Å². The third kappa shape index (κ3) is 3.04. The number of carbonyl (C=O) groups is 1. The zero-order valence-corrected chi connectivity index (χ0v) is 11.3. The molecule has 1 amide bonds. The van der Waals surface area contributed by atoms with E-state index in [0.29, 0.717) is 16.8 Å². The summed E-state index contributed by atoms with van der Waals surface area (Å²) in [6.07, 6.45) is 3.46. The zero-order valence-electron chi connectivity index (χ0n) is 9.70. The lowest BCUT2D eigenvalue weighted by Gasteiger charge is -2.39. The summed E-state index contributed by atoms with van der Waals surface area (Å²) in [5.74, 6) is 0.520. The first-order valence-electron chi connectivity index (χ1n) is 5.61. The molecule has 17 heavy (non-hydrogen) atoms. The Labute approximate surface area is 109 Å². The van der Waals surface area contributed by atoms with Gasteiger partial charge >= 0.3 is 0 Å². The number of nitrogens with zero attached hydrogens (tertiary/aromatic N) is 1. The summed E-state index contributed by atoms with van der Waals surface area (Å²) in [4.78, 5) is 16.0. The number of methoxy groups -OCH3 is 1. The Morgan fingerprint density at radius 2 is 2.35 bits per heavy atom. The summed E-state index contributed by atoms with van der Waals surface area (Å²) in [6, 6.07) is 5.42. The average Bonchev–Trinajstić information content (AvgIpc) is 2.23. The molecule has 1 saturated carbocycles. The van der Waals surface area contributed by atoms with Gasteiger partial charge in [-0.1, -0.05) is 6.07 Å². The molecular weight excluding hydrogens is 284 g/mol. The molecule has 0 aliphatic heterocycles. The van der Waals surface area contributed by atoms with Crippen molar-refractivity contribution in [2.24, 2.45) is 0 Å². The first-order chi connectivity index (χ1) is 8.13. The van der Waals surface area contributed by atoms with Gasteiger partial charge in [0, 0.05) is 7.11 Å². The van der Waals surface area contributed by atoms with Gasteiger partial charge < -0.3 is 10.1 Å². The molecule has 1 aliphatic rings. The zero-order chi connectivity index (χ0) is 12.3. The van der Waals surface area contributed by atoms with Gasteiger partial charge in [-0.3, -0.25) is 4.79 Å². The van der Waals surface area contributed by atoms with E-state index in [9.17, 15) is 4.79 Å². The number of amides is 1. The fourth-order valence-corrected chi connectivity index (χ4v) is 2.33. The third-order valence-corrected chi connectivity index (χ3v) is 3.60. The van der Waals surface area contributed by atoms with Crippen LogP contribution in [0.25, 0.3) is 0 Å². The molecule has 0 radical (unpaired) electrons. The Kier molecular flexibility index (Phi) is 3.79. The highest BCUT2D eigenvalue weighted by Crippen LogP contribution is 2.38. The van der Waals surface area contributed by atoms with Crippen molar-refractivity contribution >= 4 is 27.7 Å². The minimum atomic E-state index is -0.240. The predicted molar refractivity (Wildman–Crippen MR) is 68.8 cm³/mol. The molecule has 1 aromatic heterocycles. The van der Waals surface area contributed by atoms with Crippen LogP contribution in [-0.2, 0) is 9.53 Å². The molecule has 4 nitrogen and oxygen atoms in total. The number of halogens is 1. The molecule has 1 aromatic rings. The van der Waals surface area contributed by atoms with Crippen LogP contribution in [0.2, 0.25) is 0 Å². The highest BCUT2D eigenvalue weighted by atomic mass is 79.9. The number of anilines is 1. The summed E-state index contributed by atoms with van der Waals surface area (Å²) in [6.45, 7) is 0. The Morgan fingerprint density at radius 1 is 1.59 bits per heavy atom. The second-order valence-electron chi connectivity index (χ2n) is 4.31. The van der Waals surface area contributed by atoms with Crippen molar-refractivity contribution in [1.29, 1.82) is 0 Å². The maximum atomic E-state index is 11.8. The molecular formula is C12H15BrN2O2. The molecule has 0 aromatic carbocycles. The topological polar surface area (TPSA) is 51.2 Å². The second-order valence-corrected chi connectivity index (χ2v) is 5.12. The number of rotatable bonds is 4. The van der Waals surface area contributed by atoms with E-state index in [-0.39, 0.29) is 11.5 Å². The van der Waals surface area contributed by atoms with Gasteiger partial charge in [0.25, 0.3) is 0 Å². The molecule has 1 fully saturated rings. The molecule has 0 saturated heterocycles. The Morgan fingerprint density at radius 3 is 2.88 bits per heavy atom. The molecule has 1 heterocycles. The van der Waals surface area contributed by atoms with E-state index in [1.807, 2.05) is 12.1 Å². The molecule has 1 aliphatic carbocycles. The Balaban J connectivity index is 1.93. The van der Waals surface area contributed by atoms with Gasteiger partial charge in [0.2, 0.25) is 5.91 Å². The number of pyridine rings is 1. The number of carbonyl (C=O) groups excluding carboxylic acids is 1. The lowest BCUT2D eigenvalue weighted by molar-refractivity contribution is -0.129. The van der Waals surface area contributed by atoms with E-state index in [0.717, 1.165) is 19.3 Å². The number of hydrogen-bond donors (Lipinski definition) is 1. The summed E-state index contributed by atoms with van der Waals surface area (Å²) in [5.41, 5.74) is -0.240.